The number of aliphatic hydroxyl groups is 1. The normalized spacial score (nSPS) is 26.4. The highest BCUT2D eigenvalue weighted by atomic mass is 16.3. The van der Waals surface area contributed by atoms with Gasteiger partial charge in [0.15, 0.2) is 0 Å². The molecule has 0 radical (unpaired) electrons. The van der Waals surface area contributed by atoms with Gasteiger partial charge in [-0.15, -0.1) is 0 Å². The summed E-state index contributed by atoms with van der Waals surface area (Å²) in [6.45, 7) is 0.112. The number of aliphatic hydroxyl groups excluding tert-OH is 1. The number of hydrogen-bond donors (Lipinski definition) is 1. The average molecular weight is 365 g/mol. The third kappa shape index (κ3) is 3.00. The summed E-state index contributed by atoms with van der Waals surface area (Å²) in [5, 5.41) is 10.4. The lowest BCUT2D eigenvalue weighted by Crippen LogP contribution is -2.44. The fourth-order valence-electron chi connectivity index (χ4n) is 5.07. The maximum absolute atomic E-state index is 13.5. The number of carbonyl (C=O) groups is 1. The van der Waals surface area contributed by atoms with Gasteiger partial charge in [-0.2, -0.15) is 0 Å². The van der Waals surface area contributed by atoms with E-state index >= 15 is 0 Å². The predicted octanol–water partition coefficient (Wildman–Crippen LogP) is 2.75. The number of carbonyl (C=O) groups excluding carboxylic acids is 1. The van der Waals surface area contributed by atoms with Gasteiger partial charge in [-0.25, -0.2) is 4.98 Å². The zero-order valence-electron chi connectivity index (χ0n) is 16.0. The van der Waals surface area contributed by atoms with Crippen molar-refractivity contribution in [2.45, 2.75) is 37.8 Å². The summed E-state index contributed by atoms with van der Waals surface area (Å²) in [5.41, 5.74) is 1.62. The van der Waals surface area contributed by atoms with E-state index in [4.69, 9.17) is 0 Å². The number of pyridine rings is 1. The Balaban J connectivity index is 1.65. The minimum atomic E-state index is -0.250. The molecule has 2 bridgehead atoms. The molecule has 0 spiro atoms. The first kappa shape index (κ1) is 18.0. The van der Waals surface area contributed by atoms with Crippen LogP contribution in [0.1, 0.15) is 35.2 Å². The molecule has 1 aromatic heterocycles. The fraction of sp³-hybridized carbons (Fsp3) is 0.455. The zero-order valence-corrected chi connectivity index (χ0v) is 16.0. The first-order chi connectivity index (χ1) is 13.1. The number of amides is 1. The maximum atomic E-state index is 13.5. The third-order valence-corrected chi connectivity index (χ3v) is 6.24. The van der Waals surface area contributed by atoms with E-state index in [0.717, 1.165) is 25.7 Å². The van der Waals surface area contributed by atoms with Crippen LogP contribution >= 0.6 is 0 Å². The van der Waals surface area contributed by atoms with Crippen LogP contribution in [0.3, 0.4) is 0 Å². The second-order valence-corrected chi connectivity index (χ2v) is 8.12. The molecule has 4 rings (SSSR count). The molecule has 5 nitrogen and oxygen atoms in total. The quantitative estimate of drug-likeness (QED) is 0.885. The van der Waals surface area contributed by atoms with E-state index < -0.39 is 0 Å². The van der Waals surface area contributed by atoms with Crippen LogP contribution in [-0.4, -0.2) is 53.7 Å². The Morgan fingerprint density at radius 3 is 2.70 bits per heavy atom. The Morgan fingerprint density at radius 2 is 2.00 bits per heavy atom. The summed E-state index contributed by atoms with van der Waals surface area (Å²) >= 11 is 0. The molecule has 2 aliphatic rings. The molecule has 2 aromatic rings. The van der Waals surface area contributed by atoms with Crippen molar-refractivity contribution in [3.05, 3.63) is 59.8 Å². The molecular formula is C22H27N3O2. The van der Waals surface area contributed by atoms with Crippen LogP contribution in [0.2, 0.25) is 0 Å². The molecule has 0 unspecified atom stereocenters. The van der Waals surface area contributed by atoms with Crippen LogP contribution in [0.25, 0.3) is 0 Å². The first-order valence-electron chi connectivity index (χ1n) is 9.65. The highest BCUT2D eigenvalue weighted by molar-refractivity contribution is 5.99. The molecular weight excluding hydrogens is 338 g/mol. The predicted molar refractivity (Wildman–Crippen MR) is 106 cm³/mol. The van der Waals surface area contributed by atoms with Gasteiger partial charge in [-0.05, 0) is 43.4 Å². The van der Waals surface area contributed by atoms with Crippen molar-refractivity contribution in [1.82, 2.24) is 9.88 Å². The molecule has 1 aromatic carbocycles. The zero-order chi connectivity index (χ0) is 19.0. The van der Waals surface area contributed by atoms with Crippen molar-refractivity contribution in [1.29, 1.82) is 0 Å². The Kier molecular flexibility index (Phi) is 4.64. The number of hydrogen-bond acceptors (Lipinski definition) is 4. The number of fused-ring (bicyclic) bond motifs is 2. The second-order valence-electron chi connectivity index (χ2n) is 8.12. The largest absolute Gasteiger partial charge is 0.396 e. The SMILES string of the molecule is CN(C)c1ncccc1C(=O)N1[C@H]2CC[C@@H]1[C@@](CO)(Cc1ccccc1)C2. The van der Waals surface area contributed by atoms with Gasteiger partial charge < -0.3 is 14.9 Å². The molecule has 142 valence electrons. The van der Waals surface area contributed by atoms with Crippen LogP contribution in [0.5, 0.6) is 0 Å². The standard InChI is InChI=1S/C22H27N3O2/c1-24(2)20-18(9-6-12-23-20)21(27)25-17-10-11-19(25)22(14-17,15-26)13-16-7-4-3-5-8-16/h3-9,12,17,19,26H,10-11,13-15H2,1-2H3/t17-,19+,22-/m0/s1. The van der Waals surface area contributed by atoms with E-state index in [2.05, 4.69) is 17.1 Å². The maximum Gasteiger partial charge on any atom is 0.258 e. The fourth-order valence-corrected chi connectivity index (χ4v) is 5.07. The summed E-state index contributed by atoms with van der Waals surface area (Å²) in [6, 6.07) is 14.3. The van der Waals surface area contributed by atoms with Crippen LogP contribution < -0.4 is 4.90 Å². The van der Waals surface area contributed by atoms with Crippen LogP contribution in [0, 0.1) is 5.41 Å². The van der Waals surface area contributed by atoms with Crippen molar-refractivity contribution in [3.8, 4) is 0 Å². The van der Waals surface area contributed by atoms with Gasteiger partial charge in [-0.3, -0.25) is 4.79 Å². The molecule has 5 heteroatoms. The van der Waals surface area contributed by atoms with Crippen molar-refractivity contribution >= 4 is 11.7 Å². The van der Waals surface area contributed by atoms with Crippen LogP contribution in [-0.2, 0) is 6.42 Å². The second kappa shape index (κ2) is 6.97. The molecule has 1 N–H and O–H groups in total. The van der Waals surface area contributed by atoms with Gasteiger partial charge in [0.2, 0.25) is 0 Å². The lowest BCUT2D eigenvalue weighted by Gasteiger charge is -2.36. The Hall–Kier alpha value is -2.40. The number of benzene rings is 1. The van der Waals surface area contributed by atoms with Gasteiger partial charge in [0.25, 0.3) is 5.91 Å². The monoisotopic (exact) mass is 365 g/mol. The Morgan fingerprint density at radius 1 is 1.22 bits per heavy atom. The van der Waals surface area contributed by atoms with Gasteiger partial charge in [0, 0.05) is 37.8 Å². The highest BCUT2D eigenvalue weighted by Gasteiger charge is 2.57. The lowest BCUT2D eigenvalue weighted by molar-refractivity contribution is 0.0571. The van der Waals surface area contributed by atoms with E-state index in [0.29, 0.717) is 11.4 Å². The van der Waals surface area contributed by atoms with Crippen molar-refractivity contribution < 1.29 is 9.90 Å². The summed E-state index contributed by atoms with van der Waals surface area (Å²) < 4.78 is 0. The van der Waals surface area contributed by atoms with E-state index in [1.807, 2.05) is 54.2 Å². The van der Waals surface area contributed by atoms with E-state index in [9.17, 15) is 9.90 Å². The van der Waals surface area contributed by atoms with Gasteiger partial charge >= 0.3 is 0 Å². The minimum absolute atomic E-state index is 0.0442. The van der Waals surface area contributed by atoms with Crippen LogP contribution in [0.4, 0.5) is 5.82 Å². The summed E-state index contributed by atoms with van der Waals surface area (Å²) in [7, 11) is 3.82. The molecule has 1 amide bonds. The Bertz CT molecular complexity index is 823. The van der Waals surface area contributed by atoms with Crippen molar-refractivity contribution in [3.63, 3.8) is 0 Å². The smallest absolute Gasteiger partial charge is 0.258 e. The van der Waals surface area contributed by atoms with Gasteiger partial charge in [-0.1, -0.05) is 30.3 Å². The van der Waals surface area contributed by atoms with Crippen molar-refractivity contribution in [2.75, 3.05) is 25.6 Å². The topological polar surface area (TPSA) is 56.7 Å². The lowest BCUT2D eigenvalue weighted by atomic mass is 9.70. The number of aromatic nitrogens is 1. The number of nitrogens with zero attached hydrogens (tertiary/aromatic N) is 3. The molecule has 3 atom stereocenters. The summed E-state index contributed by atoms with van der Waals surface area (Å²) in [6.07, 6.45) is 5.37. The molecule has 3 heterocycles. The third-order valence-electron chi connectivity index (χ3n) is 6.24. The van der Waals surface area contributed by atoms with Crippen molar-refractivity contribution in [2.24, 2.45) is 5.41 Å². The minimum Gasteiger partial charge on any atom is -0.396 e. The van der Waals surface area contributed by atoms with Gasteiger partial charge in [0.05, 0.1) is 12.2 Å². The van der Waals surface area contributed by atoms with E-state index in [1.165, 1.54) is 5.56 Å². The molecule has 2 fully saturated rings. The summed E-state index contributed by atoms with van der Waals surface area (Å²) in [4.78, 5) is 21.8. The first-order valence-corrected chi connectivity index (χ1v) is 9.65. The van der Waals surface area contributed by atoms with Gasteiger partial charge in [0.1, 0.15) is 5.82 Å². The number of anilines is 1. The molecule has 2 aliphatic heterocycles. The average Bonchev–Trinajstić information content (AvgIpc) is 3.24. The Labute approximate surface area is 160 Å². The molecule has 27 heavy (non-hydrogen) atoms. The number of rotatable bonds is 5. The molecule has 0 aliphatic carbocycles. The van der Waals surface area contributed by atoms with Crippen LogP contribution in [0.15, 0.2) is 48.7 Å². The van der Waals surface area contributed by atoms with E-state index in [1.54, 1.807) is 6.20 Å². The van der Waals surface area contributed by atoms with E-state index in [-0.39, 0.29) is 30.0 Å². The highest BCUT2D eigenvalue weighted by Crippen LogP contribution is 2.52. The molecule has 0 saturated carbocycles. The molecule has 2 saturated heterocycles. The summed E-state index contributed by atoms with van der Waals surface area (Å²) in [5.74, 6) is 0.745.